The van der Waals surface area contributed by atoms with Crippen molar-refractivity contribution in [3.63, 3.8) is 0 Å². The highest BCUT2D eigenvalue weighted by Gasteiger charge is 2.34. The molecule has 0 amide bonds. The van der Waals surface area contributed by atoms with E-state index in [-0.39, 0.29) is 10.6 Å². The number of aryl methyl sites for hydroxylation is 2. The number of halogens is 1. The Kier molecular flexibility index (Phi) is 8.06. The quantitative estimate of drug-likeness (QED) is 0.315. The summed E-state index contributed by atoms with van der Waals surface area (Å²) in [6.45, 7) is 12.1. The van der Waals surface area contributed by atoms with E-state index in [4.69, 9.17) is 0 Å². The molecule has 38 heavy (non-hydrogen) atoms. The molecule has 4 heterocycles. The molecule has 0 spiro atoms. The highest BCUT2D eigenvalue weighted by Crippen LogP contribution is 2.30. The molecule has 0 saturated carbocycles. The minimum Gasteiger partial charge on any atom is -0.354 e. The second-order valence-electron chi connectivity index (χ2n) is 10.5. The van der Waals surface area contributed by atoms with Gasteiger partial charge in [-0.3, -0.25) is 25.0 Å². The third kappa shape index (κ3) is 5.74. The first-order valence-electron chi connectivity index (χ1n) is 13.3. The van der Waals surface area contributed by atoms with Crippen LogP contribution in [0.3, 0.4) is 0 Å². The topological polar surface area (TPSA) is 107 Å². The molecule has 202 valence electrons. The molecule has 2 aliphatic rings. The van der Waals surface area contributed by atoms with Gasteiger partial charge < -0.3 is 4.90 Å². The summed E-state index contributed by atoms with van der Waals surface area (Å²) in [6.07, 6.45) is 4.75. The van der Waals surface area contributed by atoms with Crippen molar-refractivity contribution >= 4 is 27.4 Å². The number of nitrogens with one attached hydrogen (secondary N) is 1. The molecule has 0 radical (unpaired) electrons. The molecule has 1 aromatic carbocycles. The van der Waals surface area contributed by atoms with E-state index in [1.54, 1.807) is 6.07 Å². The molecule has 3 aromatic rings. The van der Waals surface area contributed by atoms with Crippen LogP contribution in [-0.2, 0) is 6.54 Å². The van der Waals surface area contributed by atoms with Crippen molar-refractivity contribution in [2.75, 3.05) is 37.6 Å². The Morgan fingerprint density at radius 2 is 1.95 bits per heavy atom. The van der Waals surface area contributed by atoms with Gasteiger partial charge in [-0.25, -0.2) is 9.97 Å². The van der Waals surface area contributed by atoms with Crippen molar-refractivity contribution in [2.24, 2.45) is 0 Å². The van der Waals surface area contributed by atoms with Gasteiger partial charge in [0.25, 0.3) is 5.69 Å². The summed E-state index contributed by atoms with van der Waals surface area (Å²) >= 11 is 3.38. The zero-order valence-electron chi connectivity index (χ0n) is 22.2. The summed E-state index contributed by atoms with van der Waals surface area (Å²) in [6, 6.07) is 9.20. The van der Waals surface area contributed by atoms with Gasteiger partial charge in [0.15, 0.2) is 10.6 Å². The Morgan fingerprint density at radius 1 is 1.16 bits per heavy atom. The highest BCUT2D eigenvalue weighted by atomic mass is 79.9. The van der Waals surface area contributed by atoms with E-state index in [9.17, 15) is 10.1 Å². The number of likely N-dealkylation sites (tertiary alicyclic amines) is 1. The third-order valence-electron chi connectivity index (χ3n) is 7.93. The number of nitro groups is 1. The van der Waals surface area contributed by atoms with Crippen molar-refractivity contribution in [1.29, 1.82) is 0 Å². The molecule has 5 rings (SSSR count). The number of anilines is 1. The number of benzene rings is 1. The van der Waals surface area contributed by atoms with Crippen LogP contribution in [0, 0.1) is 24.0 Å². The van der Waals surface area contributed by atoms with Crippen LogP contribution >= 0.6 is 15.9 Å². The van der Waals surface area contributed by atoms with Gasteiger partial charge in [-0.2, -0.15) is 5.10 Å². The number of nitrogens with zero attached hydrogens (tertiary/aromatic N) is 7. The molecule has 0 aliphatic carbocycles. The predicted octanol–water partition coefficient (Wildman–Crippen LogP) is 4.72. The minimum absolute atomic E-state index is 0.0509. The van der Waals surface area contributed by atoms with Crippen LogP contribution in [0.15, 0.2) is 35.2 Å². The van der Waals surface area contributed by atoms with Crippen LogP contribution in [0.25, 0.3) is 11.4 Å². The van der Waals surface area contributed by atoms with E-state index in [2.05, 4.69) is 82.8 Å². The molecule has 0 bridgehead atoms. The lowest BCUT2D eigenvalue weighted by molar-refractivity contribution is -0.385. The molecular weight excluding hydrogens is 548 g/mol. The fourth-order valence-corrected chi connectivity index (χ4v) is 6.20. The maximum absolute atomic E-state index is 11.1. The van der Waals surface area contributed by atoms with Crippen molar-refractivity contribution < 1.29 is 4.92 Å². The van der Waals surface area contributed by atoms with Gasteiger partial charge in [-0.15, -0.1) is 0 Å². The maximum atomic E-state index is 11.1. The van der Waals surface area contributed by atoms with Gasteiger partial charge in [0, 0.05) is 49.9 Å². The van der Waals surface area contributed by atoms with Gasteiger partial charge in [-0.05, 0) is 79.3 Å². The molecule has 2 saturated heterocycles. The van der Waals surface area contributed by atoms with Gasteiger partial charge in [0.1, 0.15) is 12.0 Å². The number of pyridine rings is 1. The molecule has 2 aliphatic heterocycles. The largest absolute Gasteiger partial charge is 0.354 e. The molecule has 2 aromatic heterocycles. The summed E-state index contributed by atoms with van der Waals surface area (Å²) in [5.41, 5.74) is 4.46. The lowest BCUT2D eigenvalue weighted by atomic mass is 9.97. The molecule has 1 unspecified atom stereocenters. The van der Waals surface area contributed by atoms with Gasteiger partial charge in [-0.1, -0.05) is 24.6 Å². The first-order chi connectivity index (χ1) is 18.3. The maximum Gasteiger partial charge on any atom is 0.287 e. The summed E-state index contributed by atoms with van der Waals surface area (Å²) in [4.78, 5) is 27.3. The van der Waals surface area contributed by atoms with Crippen LogP contribution in [0.4, 0.5) is 11.5 Å². The number of hydrogen-bond donors (Lipinski definition) is 1. The van der Waals surface area contributed by atoms with E-state index in [0.29, 0.717) is 16.8 Å². The van der Waals surface area contributed by atoms with Gasteiger partial charge in [0.05, 0.1) is 4.92 Å². The number of hydrogen-bond acceptors (Lipinski definition) is 8. The zero-order chi connectivity index (χ0) is 26.8. The Balaban J connectivity index is 1.20. The summed E-state index contributed by atoms with van der Waals surface area (Å²) in [7, 11) is 0. The van der Waals surface area contributed by atoms with E-state index in [0.717, 1.165) is 81.3 Å². The monoisotopic (exact) mass is 582 g/mol. The van der Waals surface area contributed by atoms with Crippen molar-refractivity contribution in [1.82, 2.24) is 30.0 Å². The fraction of sp³-hybridized carbons (Fsp3) is 0.519. The number of H-pyrrole nitrogens is 1. The highest BCUT2D eigenvalue weighted by molar-refractivity contribution is 9.10. The van der Waals surface area contributed by atoms with Crippen LogP contribution in [0.1, 0.15) is 42.9 Å². The fourth-order valence-electron chi connectivity index (χ4n) is 5.94. The second-order valence-corrected chi connectivity index (χ2v) is 11.2. The molecule has 11 heteroatoms. The van der Waals surface area contributed by atoms with Gasteiger partial charge in [0.2, 0.25) is 0 Å². The number of rotatable bonds is 7. The van der Waals surface area contributed by atoms with Crippen LogP contribution in [0.2, 0.25) is 0 Å². The Labute approximate surface area is 231 Å². The SMILES string of the molecule is CCC1CN(c2ncc([N+](=O)[O-])cc2C)CCN1C1CCN(Cc2ccc(C)cc2-c2n[nH]c(Br)n2)CC1. The number of aromatic nitrogens is 4. The van der Waals surface area contributed by atoms with E-state index in [1.807, 2.05) is 6.92 Å². The van der Waals surface area contributed by atoms with Crippen molar-refractivity contribution in [3.05, 3.63) is 62.0 Å². The normalized spacial score (nSPS) is 19.7. The third-order valence-corrected chi connectivity index (χ3v) is 8.29. The minimum atomic E-state index is -0.379. The molecule has 10 nitrogen and oxygen atoms in total. The van der Waals surface area contributed by atoms with Crippen LogP contribution in [0.5, 0.6) is 0 Å². The smallest absolute Gasteiger partial charge is 0.287 e. The molecule has 1 atom stereocenters. The first-order valence-corrected chi connectivity index (χ1v) is 14.1. The summed E-state index contributed by atoms with van der Waals surface area (Å²) in [5, 5.41) is 18.4. The predicted molar refractivity (Wildman–Crippen MR) is 151 cm³/mol. The van der Waals surface area contributed by atoms with Crippen LogP contribution < -0.4 is 4.90 Å². The standard InChI is InChI=1S/C27H35BrN8O2/c1-4-21-17-34(26-19(3)14-23(15-29-26)36(37)38)11-12-35(21)22-7-9-33(10-8-22)16-20-6-5-18(2)13-24(20)25-30-27(28)32-31-25/h5-6,13-15,21-22H,4,7-12,16-17H2,1-3H3,(H,30,31,32). The molecule has 1 N–H and O–H groups in total. The number of piperazine rings is 1. The van der Waals surface area contributed by atoms with E-state index < -0.39 is 0 Å². The average Bonchev–Trinajstić information content (AvgIpc) is 3.35. The van der Waals surface area contributed by atoms with Crippen molar-refractivity contribution in [3.8, 4) is 11.4 Å². The van der Waals surface area contributed by atoms with Crippen LogP contribution in [-0.4, -0.2) is 79.7 Å². The van der Waals surface area contributed by atoms with Crippen molar-refractivity contribution in [2.45, 2.75) is 58.7 Å². The Morgan fingerprint density at radius 3 is 2.61 bits per heavy atom. The Bertz CT molecular complexity index is 1290. The zero-order valence-corrected chi connectivity index (χ0v) is 23.8. The van der Waals surface area contributed by atoms with E-state index in [1.165, 1.54) is 17.3 Å². The lowest BCUT2D eigenvalue weighted by Gasteiger charge is -2.48. The molecular formula is C27H35BrN8O2. The lowest BCUT2D eigenvalue weighted by Crippen LogP contribution is -2.58. The first kappa shape index (κ1) is 26.7. The Hall–Kier alpha value is -2.89. The van der Waals surface area contributed by atoms with E-state index >= 15 is 0 Å². The summed E-state index contributed by atoms with van der Waals surface area (Å²) in [5.74, 6) is 1.60. The molecule has 2 fully saturated rings. The van der Waals surface area contributed by atoms with Gasteiger partial charge >= 0.3 is 0 Å². The second kappa shape index (κ2) is 11.5. The summed E-state index contributed by atoms with van der Waals surface area (Å²) < 4.78 is 0.644. The average molecular weight is 584 g/mol. The number of aromatic amines is 1. The number of piperidine rings is 1.